The molecular weight excluding hydrogens is 330 g/mol. The third-order valence-electron chi connectivity index (χ3n) is 4.60. The van der Waals surface area contributed by atoms with E-state index in [1.165, 1.54) is 0 Å². The summed E-state index contributed by atoms with van der Waals surface area (Å²) in [4.78, 5) is 14.7. The SMILES string of the molecule is N#Cc1cccc(NC(=O)C2CCN(c3ccc4nncn4n3)CC2)c1. The number of nitrogens with one attached hydrogen (secondary N) is 1. The number of carbonyl (C=O) groups excluding carboxylic acids is 1. The molecule has 0 atom stereocenters. The molecule has 0 saturated carbocycles. The van der Waals surface area contributed by atoms with E-state index >= 15 is 0 Å². The summed E-state index contributed by atoms with van der Waals surface area (Å²) in [5.74, 6) is 0.815. The van der Waals surface area contributed by atoms with Crippen molar-refractivity contribution in [3.8, 4) is 6.07 Å². The van der Waals surface area contributed by atoms with Gasteiger partial charge in [-0.25, -0.2) is 0 Å². The zero-order valence-corrected chi connectivity index (χ0v) is 14.0. The molecule has 0 radical (unpaired) electrons. The lowest BCUT2D eigenvalue weighted by molar-refractivity contribution is -0.120. The van der Waals surface area contributed by atoms with Crippen molar-refractivity contribution in [3.05, 3.63) is 48.3 Å². The number of nitrogens with zero attached hydrogens (tertiary/aromatic N) is 6. The third-order valence-corrected chi connectivity index (χ3v) is 4.60. The van der Waals surface area contributed by atoms with Crippen LogP contribution in [-0.2, 0) is 4.79 Å². The molecule has 1 aliphatic heterocycles. The van der Waals surface area contributed by atoms with Gasteiger partial charge in [-0.3, -0.25) is 4.79 Å². The second-order valence-corrected chi connectivity index (χ2v) is 6.27. The van der Waals surface area contributed by atoms with Crippen LogP contribution >= 0.6 is 0 Å². The van der Waals surface area contributed by atoms with Crippen molar-refractivity contribution in [2.75, 3.05) is 23.3 Å². The van der Waals surface area contributed by atoms with Crippen molar-refractivity contribution in [2.45, 2.75) is 12.8 Å². The molecule has 1 fully saturated rings. The molecule has 2 aromatic heterocycles. The van der Waals surface area contributed by atoms with Gasteiger partial charge in [0.15, 0.2) is 5.65 Å². The zero-order chi connectivity index (χ0) is 17.9. The van der Waals surface area contributed by atoms with Gasteiger partial charge in [0, 0.05) is 24.7 Å². The Morgan fingerprint density at radius 2 is 2.08 bits per heavy atom. The van der Waals surface area contributed by atoms with Crippen LogP contribution in [0.15, 0.2) is 42.7 Å². The molecule has 1 aromatic carbocycles. The van der Waals surface area contributed by atoms with E-state index in [1.54, 1.807) is 35.1 Å². The van der Waals surface area contributed by atoms with E-state index < -0.39 is 0 Å². The van der Waals surface area contributed by atoms with Crippen molar-refractivity contribution in [1.82, 2.24) is 19.8 Å². The Kier molecular flexibility index (Phi) is 4.19. The second-order valence-electron chi connectivity index (χ2n) is 6.27. The van der Waals surface area contributed by atoms with Crippen LogP contribution < -0.4 is 10.2 Å². The van der Waals surface area contributed by atoms with Gasteiger partial charge in [0.25, 0.3) is 0 Å². The fraction of sp³-hybridized carbons (Fsp3) is 0.278. The molecule has 4 rings (SSSR count). The summed E-state index contributed by atoms with van der Waals surface area (Å²) in [5.41, 5.74) is 1.91. The predicted octanol–water partition coefficient (Wildman–Crippen LogP) is 1.85. The number of nitriles is 1. The number of benzene rings is 1. The average molecular weight is 347 g/mol. The van der Waals surface area contributed by atoms with Crippen molar-refractivity contribution < 1.29 is 4.79 Å². The molecule has 0 spiro atoms. The molecule has 130 valence electrons. The van der Waals surface area contributed by atoms with E-state index in [4.69, 9.17) is 5.26 Å². The molecule has 0 bridgehead atoms. The highest BCUT2D eigenvalue weighted by Crippen LogP contribution is 2.23. The van der Waals surface area contributed by atoms with E-state index in [9.17, 15) is 4.79 Å². The van der Waals surface area contributed by atoms with Gasteiger partial charge in [0.2, 0.25) is 5.91 Å². The average Bonchev–Trinajstić information content (AvgIpc) is 3.16. The van der Waals surface area contributed by atoms with Crippen LogP contribution in [0, 0.1) is 17.2 Å². The number of anilines is 2. The monoisotopic (exact) mass is 347 g/mol. The molecule has 8 nitrogen and oxygen atoms in total. The quantitative estimate of drug-likeness (QED) is 0.776. The van der Waals surface area contributed by atoms with Crippen LogP contribution in [0.5, 0.6) is 0 Å². The fourth-order valence-electron chi connectivity index (χ4n) is 3.17. The van der Waals surface area contributed by atoms with E-state index in [-0.39, 0.29) is 11.8 Å². The van der Waals surface area contributed by atoms with Crippen LogP contribution in [0.25, 0.3) is 5.65 Å². The van der Waals surface area contributed by atoms with Crippen LogP contribution in [-0.4, -0.2) is 38.8 Å². The minimum atomic E-state index is -0.0457. The molecule has 1 N–H and O–H groups in total. The Balaban J connectivity index is 1.38. The van der Waals surface area contributed by atoms with Gasteiger partial charge >= 0.3 is 0 Å². The number of hydrogen-bond donors (Lipinski definition) is 1. The molecule has 0 unspecified atom stereocenters. The molecule has 8 heteroatoms. The van der Waals surface area contributed by atoms with Crippen LogP contribution in [0.2, 0.25) is 0 Å². The molecule has 1 aliphatic rings. The lowest BCUT2D eigenvalue weighted by Gasteiger charge is -2.32. The molecule has 3 heterocycles. The molecule has 1 saturated heterocycles. The van der Waals surface area contributed by atoms with Gasteiger partial charge in [-0.1, -0.05) is 6.07 Å². The Morgan fingerprint density at radius 1 is 1.23 bits per heavy atom. The molecule has 1 amide bonds. The maximum absolute atomic E-state index is 12.5. The van der Waals surface area contributed by atoms with Gasteiger partial charge in [-0.05, 0) is 43.2 Å². The summed E-state index contributed by atoms with van der Waals surface area (Å²) < 4.78 is 1.65. The Morgan fingerprint density at radius 3 is 2.88 bits per heavy atom. The number of rotatable bonds is 3. The number of carbonyl (C=O) groups is 1. The van der Waals surface area contributed by atoms with Crippen LogP contribution in [0.3, 0.4) is 0 Å². The summed E-state index contributed by atoms with van der Waals surface area (Å²) in [5, 5.41) is 24.2. The van der Waals surface area contributed by atoms with E-state index in [2.05, 4.69) is 31.6 Å². The van der Waals surface area contributed by atoms with Gasteiger partial charge in [0.1, 0.15) is 12.1 Å². The summed E-state index contributed by atoms with van der Waals surface area (Å²) in [6, 6.07) is 12.9. The zero-order valence-electron chi connectivity index (χ0n) is 14.0. The molecule has 0 aliphatic carbocycles. The minimum absolute atomic E-state index is 0.00182. The first-order valence-electron chi connectivity index (χ1n) is 8.46. The normalized spacial score (nSPS) is 15.0. The summed E-state index contributed by atoms with van der Waals surface area (Å²) in [6.07, 6.45) is 3.09. The Bertz CT molecular complexity index is 982. The first-order valence-corrected chi connectivity index (χ1v) is 8.46. The van der Waals surface area contributed by atoms with Gasteiger partial charge in [0.05, 0.1) is 11.6 Å². The van der Waals surface area contributed by atoms with Crippen molar-refractivity contribution in [1.29, 1.82) is 5.26 Å². The highest BCUT2D eigenvalue weighted by Gasteiger charge is 2.26. The van der Waals surface area contributed by atoms with Crippen molar-refractivity contribution in [3.63, 3.8) is 0 Å². The molecule has 3 aromatic rings. The predicted molar refractivity (Wildman–Crippen MR) is 95.5 cm³/mol. The number of aromatic nitrogens is 4. The smallest absolute Gasteiger partial charge is 0.227 e. The summed E-state index contributed by atoms with van der Waals surface area (Å²) in [6.45, 7) is 1.52. The lowest BCUT2D eigenvalue weighted by atomic mass is 9.95. The van der Waals surface area contributed by atoms with E-state index in [1.807, 2.05) is 12.1 Å². The number of amides is 1. The first-order chi connectivity index (χ1) is 12.7. The largest absolute Gasteiger partial charge is 0.355 e. The summed E-state index contributed by atoms with van der Waals surface area (Å²) >= 11 is 0. The number of piperidine rings is 1. The van der Waals surface area contributed by atoms with Crippen molar-refractivity contribution >= 4 is 23.1 Å². The van der Waals surface area contributed by atoms with E-state index in [0.29, 0.717) is 16.9 Å². The fourth-order valence-corrected chi connectivity index (χ4v) is 3.17. The van der Waals surface area contributed by atoms with Crippen LogP contribution in [0.1, 0.15) is 18.4 Å². The second kappa shape index (κ2) is 6.80. The van der Waals surface area contributed by atoms with Crippen LogP contribution in [0.4, 0.5) is 11.5 Å². The summed E-state index contributed by atoms with van der Waals surface area (Å²) in [7, 11) is 0. The van der Waals surface area contributed by atoms with Gasteiger partial charge in [-0.15, -0.1) is 15.3 Å². The molecule has 26 heavy (non-hydrogen) atoms. The minimum Gasteiger partial charge on any atom is -0.355 e. The van der Waals surface area contributed by atoms with Crippen molar-refractivity contribution in [2.24, 2.45) is 5.92 Å². The first kappa shape index (κ1) is 16.0. The third kappa shape index (κ3) is 3.19. The van der Waals surface area contributed by atoms with E-state index in [0.717, 1.165) is 31.7 Å². The lowest BCUT2D eigenvalue weighted by Crippen LogP contribution is -2.38. The van der Waals surface area contributed by atoms with Gasteiger partial charge < -0.3 is 10.2 Å². The highest BCUT2D eigenvalue weighted by molar-refractivity contribution is 5.92. The number of hydrogen-bond acceptors (Lipinski definition) is 6. The topological polar surface area (TPSA) is 99.2 Å². The highest BCUT2D eigenvalue weighted by atomic mass is 16.1. The Labute approximate surface area is 150 Å². The standard InChI is InChI=1S/C18H17N7O/c19-11-13-2-1-3-15(10-13)21-18(26)14-6-8-24(9-7-14)17-5-4-16-22-20-12-25(16)23-17/h1-5,10,12,14H,6-9H2,(H,21,26). The number of fused-ring (bicyclic) bond motifs is 1. The van der Waals surface area contributed by atoms with Gasteiger partial charge in [-0.2, -0.15) is 9.78 Å². The maximum atomic E-state index is 12.5. The Hall–Kier alpha value is -3.47. The maximum Gasteiger partial charge on any atom is 0.227 e. The molecular formula is C18H17N7O.